The molecule has 0 spiro atoms. The maximum absolute atomic E-state index is 12.6. The topological polar surface area (TPSA) is 65.1 Å². The lowest BCUT2D eigenvalue weighted by atomic mass is 10.1. The first kappa shape index (κ1) is 15.8. The van der Waals surface area contributed by atoms with E-state index in [2.05, 4.69) is 20.7 Å². The zero-order valence-electron chi connectivity index (χ0n) is 11.8. The average Bonchev–Trinajstić information content (AvgIpc) is 2.53. The number of esters is 1. The lowest BCUT2D eigenvalue weighted by molar-refractivity contribution is -0.158. The molecule has 0 N–H and O–H groups in total. The third kappa shape index (κ3) is 3.54. The Kier molecular flexibility index (Phi) is 5.19. The number of amides is 1. The summed E-state index contributed by atoms with van der Waals surface area (Å²) in [5.41, 5.74) is 0.450. The van der Waals surface area contributed by atoms with Crippen LogP contribution in [0.3, 0.4) is 0 Å². The molecule has 1 aromatic carbocycles. The zero-order chi connectivity index (χ0) is 15.4. The van der Waals surface area contributed by atoms with E-state index in [0.717, 1.165) is 4.47 Å². The van der Waals surface area contributed by atoms with Crippen LogP contribution in [0.1, 0.15) is 10.4 Å². The third-order valence-electron chi connectivity index (χ3n) is 3.21. The Balaban J connectivity index is 2.18. The predicted octanol–water partition coefficient (Wildman–Crippen LogP) is 1.47. The number of rotatable bonds is 3. The second kappa shape index (κ2) is 6.91. The molecule has 1 aliphatic heterocycles. The number of hydrogen-bond donors (Lipinski definition) is 0. The van der Waals surface area contributed by atoms with Gasteiger partial charge in [0, 0.05) is 11.0 Å². The maximum atomic E-state index is 12.6. The van der Waals surface area contributed by atoms with Crippen LogP contribution in [-0.2, 0) is 14.3 Å². The molecule has 1 amide bonds. The summed E-state index contributed by atoms with van der Waals surface area (Å²) in [5, 5.41) is 0. The number of morpholine rings is 1. The minimum absolute atomic E-state index is 0.171. The van der Waals surface area contributed by atoms with E-state index in [4.69, 9.17) is 9.47 Å². The first-order valence-corrected chi connectivity index (χ1v) is 7.18. The van der Waals surface area contributed by atoms with Gasteiger partial charge in [-0.2, -0.15) is 0 Å². The molecule has 0 saturated carbocycles. The normalized spacial score (nSPS) is 18.2. The highest BCUT2D eigenvalue weighted by Gasteiger charge is 2.31. The van der Waals surface area contributed by atoms with Crippen molar-refractivity contribution in [1.29, 1.82) is 0 Å². The molecule has 0 bridgehead atoms. The number of methoxy groups -OCH3 is 2. The van der Waals surface area contributed by atoms with E-state index in [1.54, 1.807) is 23.1 Å². The van der Waals surface area contributed by atoms with Crippen LogP contribution in [0.15, 0.2) is 22.7 Å². The highest BCUT2D eigenvalue weighted by Crippen LogP contribution is 2.25. The van der Waals surface area contributed by atoms with Crippen molar-refractivity contribution >= 4 is 27.8 Å². The van der Waals surface area contributed by atoms with Crippen molar-refractivity contribution in [1.82, 2.24) is 4.90 Å². The first-order chi connectivity index (χ1) is 10.1. The largest absolute Gasteiger partial charge is 0.496 e. The SMILES string of the molecule is COC(=O)C1CN(C(=O)c2ccc(Br)cc2OC)CCO1. The highest BCUT2D eigenvalue weighted by atomic mass is 79.9. The van der Waals surface area contributed by atoms with Gasteiger partial charge < -0.3 is 19.1 Å². The molecule has 21 heavy (non-hydrogen) atoms. The van der Waals surface area contributed by atoms with Gasteiger partial charge in [-0.05, 0) is 18.2 Å². The molecule has 2 rings (SSSR count). The maximum Gasteiger partial charge on any atom is 0.336 e. The van der Waals surface area contributed by atoms with Crippen molar-refractivity contribution < 1.29 is 23.8 Å². The molecule has 0 aliphatic carbocycles. The molecule has 6 nitrogen and oxygen atoms in total. The summed E-state index contributed by atoms with van der Waals surface area (Å²) >= 11 is 3.33. The number of ether oxygens (including phenoxy) is 3. The van der Waals surface area contributed by atoms with Crippen molar-refractivity contribution in [3.63, 3.8) is 0 Å². The lowest BCUT2D eigenvalue weighted by Gasteiger charge is -2.31. The number of carbonyl (C=O) groups excluding carboxylic acids is 2. The van der Waals surface area contributed by atoms with E-state index in [1.165, 1.54) is 14.2 Å². The molecule has 0 radical (unpaired) electrons. The fraction of sp³-hybridized carbons (Fsp3) is 0.429. The van der Waals surface area contributed by atoms with Gasteiger partial charge in [0.15, 0.2) is 6.10 Å². The lowest BCUT2D eigenvalue weighted by Crippen LogP contribution is -2.48. The first-order valence-electron chi connectivity index (χ1n) is 6.39. The summed E-state index contributed by atoms with van der Waals surface area (Å²) < 4.78 is 16.0. The molecule has 114 valence electrons. The zero-order valence-corrected chi connectivity index (χ0v) is 13.4. The number of halogens is 1. The number of hydrogen-bond acceptors (Lipinski definition) is 5. The molecule has 1 atom stereocenters. The van der Waals surface area contributed by atoms with Crippen LogP contribution in [0.5, 0.6) is 5.75 Å². The van der Waals surface area contributed by atoms with Crippen molar-refractivity contribution in [2.75, 3.05) is 33.9 Å². The van der Waals surface area contributed by atoms with Crippen molar-refractivity contribution in [3.05, 3.63) is 28.2 Å². The van der Waals surface area contributed by atoms with E-state index in [-0.39, 0.29) is 12.5 Å². The number of carbonyl (C=O) groups is 2. The summed E-state index contributed by atoms with van der Waals surface area (Å²) in [7, 11) is 2.80. The monoisotopic (exact) mass is 357 g/mol. The molecule has 1 aliphatic rings. The number of benzene rings is 1. The molecule has 1 fully saturated rings. The molecule has 1 saturated heterocycles. The summed E-state index contributed by atoms with van der Waals surface area (Å²) in [6, 6.07) is 5.19. The quantitative estimate of drug-likeness (QED) is 0.766. The Hall–Kier alpha value is -1.60. The van der Waals surface area contributed by atoms with Gasteiger partial charge in [-0.15, -0.1) is 0 Å². The number of nitrogens with zero attached hydrogens (tertiary/aromatic N) is 1. The Morgan fingerprint density at radius 1 is 1.38 bits per heavy atom. The summed E-state index contributed by atoms with van der Waals surface area (Å²) in [4.78, 5) is 25.7. The fourth-order valence-electron chi connectivity index (χ4n) is 2.12. The second-order valence-corrected chi connectivity index (χ2v) is 5.39. The molecule has 7 heteroatoms. The summed E-state index contributed by atoms with van der Waals surface area (Å²) in [5.74, 6) is -0.192. The minimum Gasteiger partial charge on any atom is -0.496 e. The van der Waals surface area contributed by atoms with Gasteiger partial charge in [-0.1, -0.05) is 15.9 Å². The van der Waals surface area contributed by atoms with Crippen LogP contribution in [-0.4, -0.2) is 56.8 Å². The van der Waals surface area contributed by atoms with E-state index in [0.29, 0.717) is 24.5 Å². The van der Waals surface area contributed by atoms with E-state index < -0.39 is 12.1 Å². The molecule has 1 heterocycles. The van der Waals surface area contributed by atoms with Gasteiger partial charge >= 0.3 is 5.97 Å². The molecular formula is C14H16BrNO5. The van der Waals surface area contributed by atoms with Crippen molar-refractivity contribution in [3.8, 4) is 5.75 Å². The van der Waals surface area contributed by atoms with Crippen molar-refractivity contribution in [2.24, 2.45) is 0 Å². The molecular weight excluding hydrogens is 342 g/mol. The smallest absolute Gasteiger partial charge is 0.336 e. The molecule has 1 unspecified atom stereocenters. The Bertz CT molecular complexity index is 548. The van der Waals surface area contributed by atoms with Gasteiger partial charge in [0.05, 0.1) is 32.9 Å². The van der Waals surface area contributed by atoms with Gasteiger partial charge in [0.25, 0.3) is 5.91 Å². The Morgan fingerprint density at radius 3 is 2.81 bits per heavy atom. The second-order valence-electron chi connectivity index (χ2n) is 4.48. The van der Waals surface area contributed by atoms with Crippen LogP contribution in [0.2, 0.25) is 0 Å². The minimum atomic E-state index is -0.742. The third-order valence-corrected chi connectivity index (χ3v) is 3.70. The van der Waals surface area contributed by atoms with Crippen LogP contribution >= 0.6 is 15.9 Å². The van der Waals surface area contributed by atoms with E-state index >= 15 is 0 Å². The summed E-state index contributed by atoms with van der Waals surface area (Å²) in [6.45, 7) is 0.890. The van der Waals surface area contributed by atoms with Crippen LogP contribution in [0, 0.1) is 0 Å². The standard InChI is InChI=1S/C14H16BrNO5/c1-19-11-7-9(15)3-4-10(11)13(17)16-5-6-21-12(8-16)14(18)20-2/h3-4,7,12H,5-6,8H2,1-2H3. The molecule has 1 aromatic rings. The highest BCUT2D eigenvalue weighted by molar-refractivity contribution is 9.10. The van der Waals surface area contributed by atoms with Gasteiger partial charge in [0.2, 0.25) is 0 Å². The van der Waals surface area contributed by atoms with Crippen LogP contribution in [0.25, 0.3) is 0 Å². The Morgan fingerprint density at radius 2 is 2.14 bits per heavy atom. The Labute approximate surface area is 131 Å². The van der Waals surface area contributed by atoms with Gasteiger partial charge in [-0.3, -0.25) is 4.79 Å². The summed E-state index contributed by atoms with van der Waals surface area (Å²) in [6.07, 6.45) is -0.742. The van der Waals surface area contributed by atoms with Crippen LogP contribution in [0.4, 0.5) is 0 Å². The predicted molar refractivity (Wildman–Crippen MR) is 78.4 cm³/mol. The van der Waals surface area contributed by atoms with Gasteiger partial charge in [-0.25, -0.2) is 4.79 Å². The van der Waals surface area contributed by atoms with Crippen molar-refractivity contribution in [2.45, 2.75) is 6.10 Å². The molecule has 0 aromatic heterocycles. The van der Waals surface area contributed by atoms with Gasteiger partial charge in [0.1, 0.15) is 5.75 Å². The van der Waals surface area contributed by atoms with E-state index in [1.807, 2.05) is 0 Å². The fourth-order valence-corrected chi connectivity index (χ4v) is 2.46. The average molecular weight is 358 g/mol. The van der Waals surface area contributed by atoms with Crippen LogP contribution < -0.4 is 4.74 Å². The van der Waals surface area contributed by atoms with E-state index in [9.17, 15) is 9.59 Å².